The monoisotopic (exact) mass is 299 g/mol. The summed E-state index contributed by atoms with van der Waals surface area (Å²) in [6.07, 6.45) is -0.326. The Morgan fingerprint density at radius 3 is 2.58 bits per heavy atom. The molecular formula is C13H11Cl2NO3. The molecule has 0 aliphatic carbocycles. The third kappa shape index (κ3) is 2.33. The van der Waals surface area contributed by atoms with E-state index in [1.54, 1.807) is 24.6 Å². The van der Waals surface area contributed by atoms with Crippen LogP contribution in [-0.2, 0) is 18.3 Å². The van der Waals surface area contributed by atoms with Gasteiger partial charge in [-0.15, -0.1) is 0 Å². The topological polar surface area (TPSA) is 59.3 Å². The Bertz CT molecular complexity index is 750. The number of nitrogens with zero attached hydrogens (tertiary/aromatic N) is 1. The summed E-state index contributed by atoms with van der Waals surface area (Å²) in [6, 6.07) is 3.12. The van der Waals surface area contributed by atoms with E-state index in [0.717, 1.165) is 0 Å². The fourth-order valence-electron chi connectivity index (χ4n) is 2.11. The van der Waals surface area contributed by atoms with Gasteiger partial charge in [-0.3, -0.25) is 9.59 Å². The zero-order valence-corrected chi connectivity index (χ0v) is 11.8. The zero-order chi connectivity index (χ0) is 14.3. The fourth-order valence-corrected chi connectivity index (χ4v) is 2.68. The molecule has 2 rings (SSSR count). The highest BCUT2D eigenvalue weighted by Crippen LogP contribution is 2.26. The summed E-state index contributed by atoms with van der Waals surface area (Å²) in [7, 11) is 1.75. The van der Waals surface area contributed by atoms with Gasteiger partial charge in [0.2, 0.25) is 0 Å². The van der Waals surface area contributed by atoms with Crippen LogP contribution in [0.2, 0.25) is 10.0 Å². The van der Waals surface area contributed by atoms with Gasteiger partial charge in [-0.25, -0.2) is 0 Å². The summed E-state index contributed by atoms with van der Waals surface area (Å²) >= 11 is 12.0. The summed E-state index contributed by atoms with van der Waals surface area (Å²) in [5, 5.41) is 9.85. The summed E-state index contributed by atoms with van der Waals surface area (Å²) in [5.74, 6) is -1.05. The molecule has 6 heteroatoms. The van der Waals surface area contributed by atoms with Gasteiger partial charge in [0.1, 0.15) is 0 Å². The minimum atomic E-state index is -1.05. The van der Waals surface area contributed by atoms with Crippen molar-refractivity contribution in [3.8, 4) is 0 Å². The molecule has 1 N–H and O–H groups in total. The lowest BCUT2D eigenvalue weighted by molar-refractivity contribution is -0.136. The van der Waals surface area contributed by atoms with E-state index in [2.05, 4.69) is 0 Å². The van der Waals surface area contributed by atoms with E-state index in [0.29, 0.717) is 21.6 Å². The van der Waals surface area contributed by atoms with Gasteiger partial charge in [-0.05, 0) is 19.1 Å². The molecule has 2 aromatic rings. The molecule has 0 bridgehead atoms. The molecule has 0 aliphatic heterocycles. The van der Waals surface area contributed by atoms with Crippen LogP contribution in [0.1, 0.15) is 11.3 Å². The maximum Gasteiger partial charge on any atom is 0.308 e. The first kappa shape index (κ1) is 13.9. The van der Waals surface area contributed by atoms with Gasteiger partial charge < -0.3 is 9.67 Å². The lowest BCUT2D eigenvalue weighted by Gasteiger charge is -2.14. The number of aliphatic carboxylic acids is 1. The van der Waals surface area contributed by atoms with Crippen LogP contribution in [0.3, 0.4) is 0 Å². The highest BCUT2D eigenvalue weighted by atomic mass is 35.5. The van der Waals surface area contributed by atoms with Crippen molar-refractivity contribution in [2.24, 2.45) is 7.05 Å². The zero-order valence-electron chi connectivity index (χ0n) is 10.3. The highest BCUT2D eigenvalue weighted by Gasteiger charge is 2.17. The molecule has 0 spiro atoms. The number of aromatic nitrogens is 1. The summed E-state index contributed by atoms with van der Waals surface area (Å²) in [6.45, 7) is 1.70. The van der Waals surface area contributed by atoms with Crippen LogP contribution in [0.25, 0.3) is 10.9 Å². The average molecular weight is 300 g/mol. The Morgan fingerprint density at radius 1 is 1.37 bits per heavy atom. The van der Waals surface area contributed by atoms with Gasteiger partial charge in [0, 0.05) is 23.3 Å². The normalized spacial score (nSPS) is 10.9. The second-order valence-corrected chi connectivity index (χ2v) is 5.15. The Balaban J connectivity index is 2.96. The van der Waals surface area contributed by atoms with E-state index in [4.69, 9.17) is 28.3 Å². The third-order valence-electron chi connectivity index (χ3n) is 3.16. The van der Waals surface area contributed by atoms with Gasteiger partial charge in [0.15, 0.2) is 5.43 Å². The van der Waals surface area contributed by atoms with Crippen LogP contribution in [-0.4, -0.2) is 15.6 Å². The van der Waals surface area contributed by atoms with E-state index in [1.807, 2.05) is 0 Å². The van der Waals surface area contributed by atoms with Gasteiger partial charge >= 0.3 is 5.97 Å². The number of carbonyl (C=O) groups is 1. The maximum absolute atomic E-state index is 12.4. The SMILES string of the molecule is Cc1c(CC(=O)O)c(=O)c2c(Cl)cc(Cl)cc2n1C. The number of fused-ring (bicyclic) bond motifs is 1. The van der Waals surface area contributed by atoms with Crippen molar-refractivity contribution in [2.75, 3.05) is 0 Å². The molecular weight excluding hydrogens is 289 g/mol. The first-order valence-electron chi connectivity index (χ1n) is 5.52. The summed E-state index contributed by atoms with van der Waals surface area (Å²) < 4.78 is 1.73. The number of hydrogen-bond acceptors (Lipinski definition) is 2. The summed E-state index contributed by atoms with van der Waals surface area (Å²) in [4.78, 5) is 23.2. The second kappa shape index (κ2) is 4.87. The number of pyridine rings is 1. The molecule has 0 amide bonds. The molecule has 100 valence electrons. The van der Waals surface area contributed by atoms with Crippen LogP contribution in [0.4, 0.5) is 0 Å². The Morgan fingerprint density at radius 2 is 2.00 bits per heavy atom. The molecule has 0 saturated heterocycles. The van der Waals surface area contributed by atoms with Crippen molar-refractivity contribution in [1.29, 1.82) is 0 Å². The molecule has 0 aliphatic rings. The first-order valence-corrected chi connectivity index (χ1v) is 6.27. The molecule has 0 saturated carbocycles. The van der Waals surface area contributed by atoms with Crippen LogP contribution in [0.15, 0.2) is 16.9 Å². The largest absolute Gasteiger partial charge is 0.481 e. The molecule has 1 aromatic heterocycles. The molecule has 0 unspecified atom stereocenters. The van der Waals surface area contributed by atoms with Crippen LogP contribution < -0.4 is 5.43 Å². The first-order chi connectivity index (χ1) is 8.82. The highest BCUT2D eigenvalue weighted by molar-refractivity contribution is 6.38. The van der Waals surface area contributed by atoms with E-state index in [9.17, 15) is 9.59 Å². The number of rotatable bonds is 2. The van der Waals surface area contributed by atoms with Crippen LogP contribution in [0, 0.1) is 6.92 Å². The number of benzene rings is 1. The summed E-state index contributed by atoms with van der Waals surface area (Å²) in [5.41, 5.74) is 1.08. The lowest BCUT2D eigenvalue weighted by Crippen LogP contribution is -2.20. The van der Waals surface area contributed by atoms with E-state index in [-0.39, 0.29) is 22.4 Å². The minimum absolute atomic E-state index is 0.231. The Kier molecular flexibility index (Phi) is 3.56. The smallest absolute Gasteiger partial charge is 0.308 e. The van der Waals surface area contributed by atoms with Gasteiger partial charge in [0.25, 0.3) is 0 Å². The van der Waals surface area contributed by atoms with Gasteiger partial charge in [-0.2, -0.15) is 0 Å². The number of aryl methyl sites for hydroxylation is 1. The molecule has 0 fully saturated rings. The lowest BCUT2D eigenvalue weighted by atomic mass is 10.1. The van der Waals surface area contributed by atoms with E-state index >= 15 is 0 Å². The second-order valence-electron chi connectivity index (χ2n) is 4.30. The average Bonchev–Trinajstić information content (AvgIpc) is 2.30. The van der Waals surface area contributed by atoms with Crippen LogP contribution >= 0.6 is 23.2 Å². The Hall–Kier alpha value is -1.52. The van der Waals surface area contributed by atoms with Crippen molar-refractivity contribution in [1.82, 2.24) is 4.57 Å². The predicted molar refractivity (Wildman–Crippen MR) is 75.3 cm³/mol. The Labute approximate surface area is 119 Å². The number of carboxylic acids is 1. The molecule has 0 radical (unpaired) electrons. The predicted octanol–water partition coefficient (Wildman–Crippen LogP) is 2.78. The van der Waals surface area contributed by atoms with Gasteiger partial charge in [0.05, 0.1) is 22.3 Å². The van der Waals surface area contributed by atoms with E-state index in [1.165, 1.54) is 6.07 Å². The molecule has 1 heterocycles. The molecule has 0 atom stereocenters. The van der Waals surface area contributed by atoms with E-state index < -0.39 is 5.97 Å². The maximum atomic E-state index is 12.4. The third-order valence-corrected chi connectivity index (χ3v) is 3.68. The molecule has 19 heavy (non-hydrogen) atoms. The molecule has 4 nitrogen and oxygen atoms in total. The minimum Gasteiger partial charge on any atom is -0.481 e. The van der Waals surface area contributed by atoms with Gasteiger partial charge in [-0.1, -0.05) is 23.2 Å². The van der Waals surface area contributed by atoms with Crippen LogP contribution in [0.5, 0.6) is 0 Å². The number of hydrogen-bond donors (Lipinski definition) is 1. The van der Waals surface area contributed by atoms with Crippen molar-refractivity contribution in [2.45, 2.75) is 13.3 Å². The molecule has 1 aromatic carbocycles. The fraction of sp³-hybridized carbons (Fsp3) is 0.231. The number of carboxylic acid groups (broad SMARTS) is 1. The number of halogens is 2. The quantitative estimate of drug-likeness (QED) is 0.927. The van der Waals surface area contributed by atoms with Crippen molar-refractivity contribution >= 4 is 40.1 Å². The van der Waals surface area contributed by atoms with Crippen molar-refractivity contribution in [3.63, 3.8) is 0 Å². The van der Waals surface area contributed by atoms with Crippen molar-refractivity contribution in [3.05, 3.63) is 43.7 Å². The van der Waals surface area contributed by atoms with Crippen molar-refractivity contribution < 1.29 is 9.90 Å². The standard InChI is InChI=1S/C13H11Cl2NO3/c1-6-8(5-11(17)18)13(19)12-9(15)3-7(14)4-10(12)16(6)2/h3-4H,5H2,1-2H3,(H,17,18).